The van der Waals surface area contributed by atoms with Crippen LogP contribution in [0.1, 0.15) is 26.3 Å². The Bertz CT molecular complexity index is 1230. The molecule has 0 aliphatic carbocycles. The molecule has 30 heavy (non-hydrogen) atoms. The van der Waals surface area contributed by atoms with Gasteiger partial charge >= 0.3 is 0 Å². The lowest BCUT2D eigenvalue weighted by molar-refractivity contribution is 0.101. The zero-order chi connectivity index (χ0) is 21.1. The van der Waals surface area contributed by atoms with Crippen LogP contribution in [-0.4, -0.2) is 16.9 Å². The molecule has 0 unspecified atom stereocenters. The number of aromatic hydroxyl groups is 1. The summed E-state index contributed by atoms with van der Waals surface area (Å²) in [5, 5.41) is 17.4. The summed E-state index contributed by atoms with van der Waals surface area (Å²) in [4.78, 5) is 25.2. The number of anilines is 2. The highest BCUT2D eigenvalue weighted by molar-refractivity contribution is 6.10. The summed E-state index contributed by atoms with van der Waals surface area (Å²) >= 11 is 0. The Hall–Kier alpha value is -4.12. The lowest BCUT2D eigenvalue weighted by Gasteiger charge is -2.10. The van der Waals surface area contributed by atoms with Gasteiger partial charge in [0.05, 0.1) is 5.56 Å². The molecule has 2 amide bonds. The summed E-state index contributed by atoms with van der Waals surface area (Å²) in [5.41, 5.74) is 3.05. The molecule has 0 atom stereocenters. The second-order valence-electron chi connectivity index (χ2n) is 7.07. The first-order chi connectivity index (χ1) is 14.5. The molecule has 4 rings (SSSR count). The third-order valence-electron chi connectivity index (χ3n) is 4.80. The summed E-state index contributed by atoms with van der Waals surface area (Å²) in [6.07, 6.45) is 0. The lowest BCUT2D eigenvalue weighted by Crippen LogP contribution is -2.13. The number of para-hydroxylation sites is 1. The Kier molecular flexibility index (Phi) is 5.18. The molecule has 0 fully saturated rings. The highest BCUT2D eigenvalue weighted by Crippen LogP contribution is 2.27. The van der Waals surface area contributed by atoms with Crippen molar-refractivity contribution in [1.29, 1.82) is 0 Å². The van der Waals surface area contributed by atoms with Crippen LogP contribution >= 0.6 is 0 Å². The Balaban J connectivity index is 1.61. The first kappa shape index (κ1) is 19.2. The van der Waals surface area contributed by atoms with Crippen LogP contribution in [0.5, 0.6) is 5.75 Å². The number of benzene rings is 4. The molecule has 0 radical (unpaired) electrons. The van der Waals surface area contributed by atoms with E-state index >= 15 is 0 Å². The Morgan fingerprint density at radius 3 is 2.10 bits per heavy atom. The summed E-state index contributed by atoms with van der Waals surface area (Å²) in [6.45, 7) is 1.98. The van der Waals surface area contributed by atoms with Crippen molar-refractivity contribution in [2.75, 3.05) is 10.6 Å². The van der Waals surface area contributed by atoms with Crippen LogP contribution < -0.4 is 10.6 Å². The molecular formula is C25H20N2O3. The molecule has 0 aliphatic rings. The summed E-state index contributed by atoms with van der Waals surface area (Å²) in [7, 11) is 0. The van der Waals surface area contributed by atoms with Gasteiger partial charge < -0.3 is 15.7 Å². The van der Waals surface area contributed by atoms with Gasteiger partial charge in [-0.25, -0.2) is 0 Å². The second kappa shape index (κ2) is 8.09. The van der Waals surface area contributed by atoms with E-state index in [0.717, 1.165) is 10.9 Å². The standard InChI is InChI=1S/C25H20N2O3/c1-16-7-11-21(12-8-16)26-24(29)18-10-9-17-15-23(28)22(14-19(17)13-18)25(30)27-20-5-3-2-4-6-20/h2-15,28H,1H3,(H,26,29)(H,27,30). The molecule has 0 bridgehead atoms. The maximum absolute atomic E-state index is 12.6. The van der Waals surface area contributed by atoms with Crippen LogP contribution in [0.15, 0.2) is 84.9 Å². The van der Waals surface area contributed by atoms with Crippen molar-refractivity contribution in [1.82, 2.24) is 0 Å². The minimum atomic E-state index is -0.421. The molecule has 0 spiro atoms. The molecule has 0 heterocycles. The van der Waals surface area contributed by atoms with Crippen LogP contribution in [-0.2, 0) is 0 Å². The van der Waals surface area contributed by atoms with Crippen molar-refractivity contribution in [3.63, 3.8) is 0 Å². The second-order valence-corrected chi connectivity index (χ2v) is 7.07. The predicted molar refractivity (Wildman–Crippen MR) is 119 cm³/mol. The third kappa shape index (κ3) is 4.15. The minimum absolute atomic E-state index is 0.118. The monoisotopic (exact) mass is 396 g/mol. The average Bonchev–Trinajstić information content (AvgIpc) is 2.75. The molecule has 0 saturated heterocycles. The molecule has 0 saturated carbocycles. The van der Waals surface area contributed by atoms with E-state index < -0.39 is 5.91 Å². The zero-order valence-corrected chi connectivity index (χ0v) is 16.3. The number of hydrogen-bond acceptors (Lipinski definition) is 3. The van der Waals surface area contributed by atoms with E-state index in [2.05, 4.69) is 10.6 Å². The smallest absolute Gasteiger partial charge is 0.259 e. The van der Waals surface area contributed by atoms with Crippen LogP contribution in [0.3, 0.4) is 0 Å². The Labute approximate surface area is 174 Å². The summed E-state index contributed by atoms with van der Waals surface area (Å²) in [6, 6.07) is 24.8. The van der Waals surface area contributed by atoms with Crippen molar-refractivity contribution in [2.24, 2.45) is 0 Å². The molecule has 148 valence electrons. The van der Waals surface area contributed by atoms with E-state index in [1.54, 1.807) is 36.4 Å². The van der Waals surface area contributed by atoms with Crippen molar-refractivity contribution >= 4 is 34.0 Å². The van der Waals surface area contributed by atoms with Crippen LogP contribution in [0.2, 0.25) is 0 Å². The van der Waals surface area contributed by atoms with E-state index in [4.69, 9.17) is 0 Å². The molecule has 5 heteroatoms. The van der Waals surface area contributed by atoms with Crippen LogP contribution in [0.25, 0.3) is 10.8 Å². The van der Waals surface area contributed by atoms with E-state index in [0.29, 0.717) is 22.3 Å². The predicted octanol–water partition coefficient (Wildman–Crippen LogP) is 5.36. The highest BCUT2D eigenvalue weighted by atomic mass is 16.3. The number of amides is 2. The average molecular weight is 396 g/mol. The number of carbonyl (C=O) groups excluding carboxylic acids is 2. The molecule has 4 aromatic rings. The van der Waals surface area contributed by atoms with E-state index in [1.165, 1.54) is 6.07 Å². The van der Waals surface area contributed by atoms with Gasteiger partial charge in [-0.1, -0.05) is 42.0 Å². The number of rotatable bonds is 4. The van der Waals surface area contributed by atoms with Crippen molar-refractivity contribution in [2.45, 2.75) is 6.92 Å². The number of phenolic OH excluding ortho intramolecular Hbond substituents is 1. The van der Waals surface area contributed by atoms with Gasteiger partial charge in [0.2, 0.25) is 0 Å². The van der Waals surface area contributed by atoms with E-state index in [-0.39, 0.29) is 17.2 Å². The summed E-state index contributed by atoms with van der Waals surface area (Å²) in [5.74, 6) is -0.785. The number of carbonyl (C=O) groups is 2. The Morgan fingerprint density at radius 2 is 1.37 bits per heavy atom. The van der Waals surface area contributed by atoms with Crippen molar-refractivity contribution in [3.8, 4) is 5.75 Å². The first-order valence-corrected chi connectivity index (χ1v) is 9.51. The topological polar surface area (TPSA) is 78.4 Å². The van der Waals surface area contributed by atoms with Crippen LogP contribution in [0, 0.1) is 6.92 Å². The van der Waals surface area contributed by atoms with Gasteiger partial charge in [-0.2, -0.15) is 0 Å². The normalized spacial score (nSPS) is 10.6. The van der Waals surface area contributed by atoms with E-state index in [9.17, 15) is 14.7 Å². The van der Waals surface area contributed by atoms with Gasteiger partial charge in [-0.15, -0.1) is 0 Å². The lowest BCUT2D eigenvalue weighted by atomic mass is 10.0. The van der Waals surface area contributed by atoms with Gasteiger partial charge in [-0.05, 0) is 66.2 Å². The van der Waals surface area contributed by atoms with Crippen molar-refractivity contribution < 1.29 is 14.7 Å². The van der Waals surface area contributed by atoms with Gasteiger partial charge in [0.15, 0.2) is 0 Å². The SMILES string of the molecule is Cc1ccc(NC(=O)c2ccc3cc(O)c(C(=O)Nc4ccccc4)cc3c2)cc1. The number of fused-ring (bicyclic) bond motifs is 1. The molecule has 0 aromatic heterocycles. The Morgan fingerprint density at radius 1 is 0.700 bits per heavy atom. The third-order valence-corrected chi connectivity index (χ3v) is 4.80. The maximum Gasteiger partial charge on any atom is 0.259 e. The molecule has 4 aromatic carbocycles. The maximum atomic E-state index is 12.6. The van der Waals surface area contributed by atoms with Gasteiger partial charge in [0, 0.05) is 16.9 Å². The number of hydrogen-bond donors (Lipinski definition) is 3. The fourth-order valence-electron chi connectivity index (χ4n) is 3.17. The van der Waals surface area contributed by atoms with Crippen LogP contribution in [0.4, 0.5) is 11.4 Å². The van der Waals surface area contributed by atoms with Gasteiger partial charge in [-0.3, -0.25) is 9.59 Å². The molecule has 0 aliphatic heterocycles. The molecular weight excluding hydrogens is 376 g/mol. The number of aryl methyl sites for hydroxylation is 1. The summed E-state index contributed by atoms with van der Waals surface area (Å²) < 4.78 is 0. The van der Waals surface area contributed by atoms with Crippen molar-refractivity contribution in [3.05, 3.63) is 102 Å². The van der Waals surface area contributed by atoms with Gasteiger partial charge in [0.25, 0.3) is 11.8 Å². The quantitative estimate of drug-likeness (QED) is 0.435. The molecule has 5 nitrogen and oxygen atoms in total. The fourth-order valence-corrected chi connectivity index (χ4v) is 3.17. The first-order valence-electron chi connectivity index (χ1n) is 9.51. The van der Waals surface area contributed by atoms with Gasteiger partial charge in [0.1, 0.15) is 5.75 Å². The zero-order valence-electron chi connectivity index (χ0n) is 16.3. The van der Waals surface area contributed by atoms with E-state index in [1.807, 2.05) is 49.4 Å². The fraction of sp³-hybridized carbons (Fsp3) is 0.0400. The largest absolute Gasteiger partial charge is 0.507 e. The highest BCUT2D eigenvalue weighted by Gasteiger charge is 2.14. The molecule has 3 N–H and O–H groups in total. The number of nitrogens with one attached hydrogen (secondary N) is 2. The minimum Gasteiger partial charge on any atom is -0.507 e. The number of phenols is 1.